The van der Waals surface area contributed by atoms with Crippen LogP contribution in [0.5, 0.6) is 0 Å². The van der Waals surface area contributed by atoms with E-state index >= 15 is 0 Å². The molecule has 0 N–H and O–H groups in total. The second-order valence-corrected chi connectivity index (χ2v) is 6.09. The number of alkyl halides is 3. The average molecular weight is 356 g/mol. The molecule has 0 saturated carbocycles. The third-order valence-electron chi connectivity index (χ3n) is 4.22. The molecule has 3 nitrogen and oxygen atoms in total. The van der Waals surface area contributed by atoms with Crippen molar-refractivity contribution in [2.45, 2.75) is 19.1 Å². The molecule has 2 heterocycles. The number of benzene rings is 2. The Labute approximate surface area is 147 Å². The Hall–Kier alpha value is -3.02. The minimum absolute atomic E-state index is 0.0392. The van der Waals surface area contributed by atoms with E-state index in [1.54, 1.807) is 0 Å². The highest BCUT2D eigenvalue weighted by Gasteiger charge is 2.39. The zero-order valence-corrected chi connectivity index (χ0v) is 13.7. The van der Waals surface area contributed by atoms with E-state index in [4.69, 9.17) is 4.42 Å². The van der Waals surface area contributed by atoms with Crippen molar-refractivity contribution in [3.8, 4) is 0 Å². The summed E-state index contributed by atoms with van der Waals surface area (Å²) in [6, 6.07) is 18.5. The van der Waals surface area contributed by atoms with Crippen molar-refractivity contribution in [1.82, 2.24) is 9.78 Å². The number of furan rings is 1. The van der Waals surface area contributed by atoms with Gasteiger partial charge in [0.15, 0.2) is 5.69 Å². The number of hydrogen-bond donors (Lipinski definition) is 0. The van der Waals surface area contributed by atoms with Crippen LogP contribution in [0.2, 0.25) is 0 Å². The van der Waals surface area contributed by atoms with Gasteiger partial charge in [0.25, 0.3) is 0 Å². The summed E-state index contributed by atoms with van der Waals surface area (Å²) >= 11 is 0. The summed E-state index contributed by atoms with van der Waals surface area (Å²) in [5.74, 6) is 0. The van der Waals surface area contributed by atoms with Gasteiger partial charge in [0.05, 0.1) is 18.2 Å². The van der Waals surface area contributed by atoms with Crippen LogP contribution in [0.1, 0.15) is 22.4 Å². The highest BCUT2D eigenvalue weighted by atomic mass is 19.4. The summed E-state index contributed by atoms with van der Waals surface area (Å²) in [5, 5.41) is 3.86. The molecule has 0 spiro atoms. The molecule has 6 heteroatoms. The van der Waals surface area contributed by atoms with E-state index in [9.17, 15) is 13.2 Å². The van der Waals surface area contributed by atoms with E-state index in [0.717, 1.165) is 11.1 Å². The van der Waals surface area contributed by atoms with Gasteiger partial charge in [-0.3, -0.25) is 0 Å². The topological polar surface area (TPSA) is 31.0 Å². The molecule has 0 fully saturated rings. The van der Waals surface area contributed by atoms with Crippen LogP contribution in [-0.4, -0.2) is 9.78 Å². The predicted molar refractivity (Wildman–Crippen MR) is 91.8 cm³/mol. The monoisotopic (exact) mass is 356 g/mol. The average Bonchev–Trinajstić information content (AvgIpc) is 3.18. The second kappa shape index (κ2) is 6.37. The maximum absolute atomic E-state index is 13.5. The summed E-state index contributed by atoms with van der Waals surface area (Å²) in [6.07, 6.45) is -2.79. The normalized spacial score (nSPS) is 12.0. The molecule has 0 aliphatic rings. The second-order valence-electron chi connectivity index (χ2n) is 6.09. The Morgan fingerprint density at radius 1 is 0.885 bits per heavy atom. The van der Waals surface area contributed by atoms with Gasteiger partial charge in [0.2, 0.25) is 5.71 Å². The van der Waals surface area contributed by atoms with Crippen molar-refractivity contribution in [3.05, 3.63) is 89.3 Å². The molecule has 0 bridgehead atoms. The lowest BCUT2D eigenvalue weighted by Gasteiger charge is -2.04. The molecule has 0 radical (unpaired) electrons. The van der Waals surface area contributed by atoms with Crippen LogP contribution in [0.15, 0.2) is 71.3 Å². The minimum Gasteiger partial charge on any atom is -0.446 e. The highest BCUT2D eigenvalue weighted by Crippen LogP contribution is 2.37. The fourth-order valence-electron chi connectivity index (χ4n) is 3.05. The van der Waals surface area contributed by atoms with Gasteiger partial charge in [-0.1, -0.05) is 60.7 Å². The molecule has 2 aromatic heterocycles. The van der Waals surface area contributed by atoms with Gasteiger partial charge in [-0.15, -0.1) is 0 Å². The SMILES string of the molecule is FC(F)(F)c1nn(Cc2ccccc2)c2occ(Cc3ccccc3)c12. The van der Waals surface area contributed by atoms with Gasteiger partial charge in [-0.25, -0.2) is 4.68 Å². The fraction of sp³-hybridized carbons (Fsp3) is 0.150. The van der Waals surface area contributed by atoms with E-state index in [1.807, 2.05) is 60.7 Å². The molecule has 2 aromatic carbocycles. The number of hydrogen-bond acceptors (Lipinski definition) is 2. The maximum atomic E-state index is 13.5. The van der Waals surface area contributed by atoms with Crippen LogP contribution in [-0.2, 0) is 19.1 Å². The first-order valence-corrected chi connectivity index (χ1v) is 8.14. The molecule has 26 heavy (non-hydrogen) atoms. The third-order valence-corrected chi connectivity index (χ3v) is 4.22. The number of halogens is 3. The Morgan fingerprint density at radius 3 is 2.12 bits per heavy atom. The molecule has 0 aliphatic carbocycles. The Morgan fingerprint density at radius 2 is 1.50 bits per heavy atom. The molecular weight excluding hydrogens is 341 g/mol. The number of rotatable bonds is 4. The number of aromatic nitrogens is 2. The van der Waals surface area contributed by atoms with Crippen molar-refractivity contribution in [3.63, 3.8) is 0 Å². The maximum Gasteiger partial charge on any atom is 0.435 e. The molecule has 0 unspecified atom stereocenters. The van der Waals surface area contributed by atoms with Gasteiger partial charge < -0.3 is 4.42 Å². The first-order valence-electron chi connectivity index (χ1n) is 8.14. The van der Waals surface area contributed by atoms with E-state index in [1.165, 1.54) is 10.9 Å². The van der Waals surface area contributed by atoms with Crippen LogP contribution in [0.3, 0.4) is 0 Å². The van der Waals surface area contributed by atoms with E-state index in [2.05, 4.69) is 5.10 Å². The van der Waals surface area contributed by atoms with Crippen molar-refractivity contribution in [2.24, 2.45) is 0 Å². The van der Waals surface area contributed by atoms with Gasteiger partial charge in [-0.05, 0) is 11.1 Å². The van der Waals surface area contributed by atoms with E-state index in [0.29, 0.717) is 12.0 Å². The zero-order valence-electron chi connectivity index (χ0n) is 13.7. The quantitative estimate of drug-likeness (QED) is 0.498. The van der Waals surface area contributed by atoms with Gasteiger partial charge in [0.1, 0.15) is 0 Å². The number of nitrogens with zero attached hydrogens (tertiary/aromatic N) is 2. The van der Waals surface area contributed by atoms with Crippen LogP contribution in [0.4, 0.5) is 13.2 Å². The third kappa shape index (κ3) is 3.10. The summed E-state index contributed by atoms with van der Waals surface area (Å²) in [5.41, 5.74) is 1.50. The van der Waals surface area contributed by atoms with Crippen LogP contribution in [0.25, 0.3) is 11.1 Å². The van der Waals surface area contributed by atoms with Crippen molar-refractivity contribution in [1.29, 1.82) is 0 Å². The lowest BCUT2D eigenvalue weighted by molar-refractivity contribution is -0.140. The van der Waals surface area contributed by atoms with Crippen LogP contribution < -0.4 is 0 Å². The number of fused-ring (bicyclic) bond motifs is 1. The molecule has 0 amide bonds. The summed E-state index contributed by atoms with van der Waals surface area (Å²) in [6.45, 7) is 0.214. The van der Waals surface area contributed by atoms with E-state index in [-0.39, 0.29) is 17.6 Å². The van der Waals surface area contributed by atoms with Gasteiger partial charge in [0, 0.05) is 12.0 Å². The molecule has 0 atom stereocenters. The Bertz CT molecular complexity index is 978. The lowest BCUT2D eigenvalue weighted by Crippen LogP contribution is -2.09. The predicted octanol–water partition coefficient (Wildman–Crippen LogP) is 5.29. The smallest absolute Gasteiger partial charge is 0.435 e. The first kappa shape index (κ1) is 16.4. The molecule has 0 aliphatic heterocycles. The lowest BCUT2D eigenvalue weighted by atomic mass is 10.0. The Kier molecular flexibility index (Phi) is 4.03. The van der Waals surface area contributed by atoms with Gasteiger partial charge >= 0.3 is 6.18 Å². The summed E-state index contributed by atoms with van der Waals surface area (Å²) in [7, 11) is 0. The zero-order chi connectivity index (χ0) is 18.1. The van der Waals surface area contributed by atoms with Crippen molar-refractivity contribution >= 4 is 11.1 Å². The molecule has 4 aromatic rings. The molecule has 4 rings (SSSR count). The minimum atomic E-state index is -4.55. The molecule has 132 valence electrons. The highest BCUT2D eigenvalue weighted by molar-refractivity contribution is 5.82. The fourth-order valence-corrected chi connectivity index (χ4v) is 3.05. The first-order chi connectivity index (χ1) is 12.5. The van der Waals surface area contributed by atoms with E-state index < -0.39 is 11.9 Å². The standard InChI is InChI=1S/C20H15F3N2O/c21-20(22,23)18-17-16(11-14-7-3-1-4-8-14)13-26-19(17)25(24-18)12-15-9-5-2-6-10-15/h1-10,13H,11-12H2. The largest absolute Gasteiger partial charge is 0.446 e. The summed E-state index contributed by atoms with van der Waals surface area (Å²) < 4.78 is 47.4. The summed E-state index contributed by atoms with van der Waals surface area (Å²) in [4.78, 5) is 0. The van der Waals surface area contributed by atoms with Crippen LogP contribution in [0, 0.1) is 0 Å². The molecular formula is C20H15F3N2O. The van der Waals surface area contributed by atoms with Crippen LogP contribution >= 0.6 is 0 Å². The van der Waals surface area contributed by atoms with Crippen molar-refractivity contribution < 1.29 is 17.6 Å². The Balaban J connectivity index is 1.80. The van der Waals surface area contributed by atoms with Gasteiger partial charge in [-0.2, -0.15) is 18.3 Å². The molecule has 0 saturated heterocycles. The van der Waals surface area contributed by atoms with Crippen molar-refractivity contribution in [2.75, 3.05) is 0 Å².